The van der Waals surface area contributed by atoms with Gasteiger partial charge in [-0.2, -0.15) is 11.8 Å². The topological polar surface area (TPSA) is 81.5 Å². The number of carbonyl (C=O) groups is 1. The zero-order chi connectivity index (χ0) is 15.5. The highest BCUT2D eigenvalue weighted by atomic mass is 35.5. The number of hydrogen-bond acceptors (Lipinski definition) is 5. The molecule has 1 amide bonds. The van der Waals surface area contributed by atoms with Crippen molar-refractivity contribution < 1.29 is 14.5 Å². The number of halogens is 1. The van der Waals surface area contributed by atoms with Gasteiger partial charge < -0.3 is 10.1 Å². The summed E-state index contributed by atoms with van der Waals surface area (Å²) in [5, 5.41) is 13.5. The second-order valence-electron chi connectivity index (χ2n) is 4.79. The first-order chi connectivity index (χ1) is 9.97. The molecule has 1 unspecified atom stereocenters. The predicted octanol–water partition coefficient (Wildman–Crippen LogP) is 2.50. The Kier molecular flexibility index (Phi) is 5.08. The maximum atomic E-state index is 12.1. The minimum Gasteiger partial charge on any atom is -0.376 e. The number of ether oxygens (including phenoxy) is 1. The van der Waals surface area contributed by atoms with Crippen LogP contribution in [-0.4, -0.2) is 41.6 Å². The number of rotatable bonds is 5. The Morgan fingerprint density at radius 3 is 2.90 bits per heavy atom. The summed E-state index contributed by atoms with van der Waals surface area (Å²) in [6.45, 7) is 0.392. The van der Waals surface area contributed by atoms with Crippen LogP contribution in [0.4, 0.5) is 5.69 Å². The van der Waals surface area contributed by atoms with Gasteiger partial charge in [-0.15, -0.1) is 0 Å². The highest BCUT2D eigenvalue weighted by Crippen LogP contribution is 2.30. The van der Waals surface area contributed by atoms with Crippen molar-refractivity contribution in [2.24, 2.45) is 0 Å². The van der Waals surface area contributed by atoms with Crippen molar-refractivity contribution in [3.05, 3.63) is 38.9 Å². The van der Waals surface area contributed by atoms with E-state index in [0.717, 1.165) is 17.9 Å². The first-order valence-electron chi connectivity index (χ1n) is 6.32. The minimum absolute atomic E-state index is 0.0639. The average molecular weight is 331 g/mol. The van der Waals surface area contributed by atoms with Crippen LogP contribution < -0.4 is 5.32 Å². The monoisotopic (exact) mass is 330 g/mol. The van der Waals surface area contributed by atoms with Crippen molar-refractivity contribution in [2.45, 2.75) is 12.0 Å². The van der Waals surface area contributed by atoms with E-state index in [4.69, 9.17) is 16.3 Å². The molecule has 6 nitrogen and oxygen atoms in total. The third kappa shape index (κ3) is 3.66. The van der Waals surface area contributed by atoms with Gasteiger partial charge in [0.15, 0.2) is 0 Å². The van der Waals surface area contributed by atoms with E-state index < -0.39 is 4.92 Å². The molecule has 2 rings (SSSR count). The fourth-order valence-corrected chi connectivity index (χ4v) is 3.76. The molecule has 1 saturated heterocycles. The van der Waals surface area contributed by atoms with Crippen LogP contribution in [0.25, 0.3) is 0 Å². The van der Waals surface area contributed by atoms with E-state index in [0.29, 0.717) is 6.54 Å². The molecule has 1 aromatic rings. The lowest BCUT2D eigenvalue weighted by Gasteiger charge is -2.26. The van der Waals surface area contributed by atoms with Gasteiger partial charge in [0.25, 0.3) is 11.6 Å². The van der Waals surface area contributed by atoms with Gasteiger partial charge in [0.2, 0.25) is 0 Å². The predicted molar refractivity (Wildman–Crippen MR) is 82.1 cm³/mol. The summed E-state index contributed by atoms with van der Waals surface area (Å²) in [6, 6.07) is 3.80. The molecule has 0 bridgehead atoms. The van der Waals surface area contributed by atoms with Gasteiger partial charge in [-0.05, 0) is 18.2 Å². The summed E-state index contributed by atoms with van der Waals surface area (Å²) in [5.41, 5.74) is -0.260. The van der Waals surface area contributed by atoms with Crippen molar-refractivity contribution in [3.8, 4) is 0 Å². The highest BCUT2D eigenvalue weighted by Gasteiger charge is 2.34. The normalized spacial score (nSPS) is 21.2. The largest absolute Gasteiger partial charge is 0.376 e. The number of nitrogens with one attached hydrogen (secondary N) is 1. The van der Waals surface area contributed by atoms with Crippen LogP contribution in [0.15, 0.2) is 18.2 Å². The van der Waals surface area contributed by atoms with Crippen molar-refractivity contribution in [1.29, 1.82) is 0 Å². The number of carbonyl (C=O) groups excluding carboxylic acids is 1. The number of hydrogen-bond donors (Lipinski definition) is 1. The van der Waals surface area contributed by atoms with Crippen molar-refractivity contribution >= 4 is 35.0 Å². The molecule has 114 valence electrons. The number of benzene rings is 1. The first-order valence-corrected chi connectivity index (χ1v) is 7.86. The maximum Gasteiger partial charge on any atom is 0.270 e. The number of nitro groups is 1. The molecule has 1 aliphatic heterocycles. The lowest BCUT2D eigenvalue weighted by molar-refractivity contribution is -0.384. The van der Waals surface area contributed by atoms with Gasteiger partial charge in [-0.3, -0.25) is 14.9 Å². The van der Waals surface area contributed by atoms with Gasteiger partial charge in [-0.1, -0.05) is 11.6 Å². The molecule has 0 spiro atoms. The Morgan fingerprint density at radius 1 is 1.62 bits per heavy atom. The zero-order valence-electron chi connectivity index (χ0n) is 11.4. The summed E-state index contributed by atoms with van der Waals surface area (Å²) < 4.78 is 5.51. The molecule has 1 aliphatic rings. The van der Waals surface area contributed by atoms with Gasteiger partial charge >= 0.3 is 0 Å². The summed E-state index contributed by atoms with van der Waals surface area (Å²) in [4.78, 5) is 22.2. The minimum atomic E-state index is -0.552. The first kappa shape index (κ1) is 16.1. The number of non-ortho nitro benzene ring substituents is 1. The molecule has 1 aromatic carbocycles. The van der Waals surface area contributed by atoms with E-state index in [9.17, 15) is 14.9 Å². The maximum absolute atomic E-state index is 12.1. The van der Waals surface area contributed by atoms with E-state index in [-0.39, 0.29) is 27.8 Å². The third-order valence-corrected chi connectivity index (χ3v) is 5.02. The molecule has 1 fully saturated rings. The van der Waals surface area contributed by atoms with Crippen LogP contribution >= 0.6 is 23.4 Å². The molecule has 0 radical (unpaired) electrons. The summed E-state index contributed by atoms with van der Waals surface area (Å²) in [7, 11) is 1.64. The smallest absolute Gasteiger partial charge is 0.270 e. The average Bonchev–Trinajstić information content (AvgIpc) is 2.94. The molecule has 0 aliphatic carbocycles. The number of thioether (sulfide) groups is 1. The van der Waals surface area contributed by atoms with Crippen LogP contribution in [0.3, 0.4) is 0 Å². The van der Waals surface area contributed by atoms with E-state index >= 15 is 0 Å². The van der Waals surface area contributed by atoms with Crippen molar-refractivity contribution in [3.63, 3.8) is 0 Å². The number of nitro benzene ring substituents is 1. The molecule has 1 N–H and O–H groups in total. The molecule has 0 saturated carbocycles. The Hall–Kier alpha value is -1.31. The van der Waals surface area contributed by atoms with Crippen LogP contribution in [0.2, 0.25) is 5.02 Å². The SMILES string of the molecule is COC1(CNC(=O)c2ccc([N+](=O)[O-])cc2Cl)CCSC1. The van der Waals surface area contributed by atoms with Crippen LogP contribution in [0.5, 0.6) is 0 Å². The van der Waals surface area contributed by atoms with Gasteiger partial charge in [0.1, 0.15) is 0 Å². The summed E-state index contributed by atoms with van der Waals surface area (Å²) in [5.74, 6) is 1.47. The standard InChI is InChI=1S/C13H15ClN2O4S/c1-20-13(4-5-21-8-13)7-15-12(17)10-3-2-9(16(18)19)6-11(10)14/h2-3,6H,4-5,7-8H2,1H3,(H,15,17). The zero-order valence-corrected chi connectivity index (χ0v) is 13.0. The Labute approximate surface area is 131 Å². The fraction of sp³-hybridized carbons (Fsp3) is 0.462. The third-order valence-electron chi connectivity index (χ3n) is 3.48. The number of amides is 1. The van der Waals surface area contributed by atoms with Gasteiger partial charge in [-0.25, -0.2) is 0 Å². The van der Waals surface area contributed by atoms with Crippen LogP contribution in [0.1, 0.15) is 16.8 Å². The second kappa shape index (κ2) is 6.64. The van der Waals surface area contributed by atoms with Crippen molar-refractivity contribution in [1.82, 2.24) is 5.32 Å². The van der Waals surface area contributed by atoms with E-state index in [1.807, 2.05) is 0 Å². The van der Waals surface area contributed by atoms with E-state index in [1.165, 1.54) is 18.2 Å². The molecule has 21 heavy (non-hydrogen) atoms. The van der Waals surface area contributed by atoms with Gasteiger partial charge in [0, 0.05) is 31.5 Å². The number of methoxy groups -OCH3 is 1. The van der Waals surface area contributed by atoms with E-state index in [1.54, 1.807) is 18.9 Å². The van der Waals surface area contributed by atoms with Crippen molar-refractivity contribution in [2.75, 3.05) is 25.2 Å². The fourth-order valence-electron chi connectivity index (χ4n) is 2.10. The highest BCUT2D eigenvalue weighted by molar-refractivity contribution is 7.99. The van der Waals surface area contributed by atoms with Crippen LogP contribution in [0, 0.1) is 10.1 Å². The Balaban J connectivity index is 2.05. The molecule has 1 atom stereocenters. The second-order valence-corrected chi connectivity index (χ2v) is 6.31. The molecular weight excluding hydrogens is 316 g/mol. The lowest BCUT2D eigenvalue weighted by atomic mass is 10.0. The quantitative estimate of drug-likeness (QED) is 0.662. The number of nitrogens with zero attached hydrogens (tertiary/aromatic N) is 1. The Bertz CT molecular complexity index is 561. The molecule has 1 heterocycles. The molecule has 0 aromatic heterocycles. The molecular formula is C13H15ClN2O4S. The Morgan fingerprint density at radius 2 is 2.38 bits per heavy atom. The summed E-state index contributed by atoms with van der Waals surface area (Å²) >= 11 is 7.72. The molecule has 8 heteroatoms. The lowest BCUT2D eigenvalue weighted by Crippen LogP contribution is -2.44. The van der Waals surface area contributed by atoms with Crippen LogP contribution in [-0.2, 0) is 4.74 Å². The van der Waals surface area contributed by atoms with Gasteiger partial charge in [0.05, 0.1) is 21.1 Å². The summed E-state index contributed by atoms with van der Waals surface area (Å²) in [6.07, 6.45) is 0.877. The van der Waals surface area contributed by atoms with E-state index in [2.05, 4.69) is 5.32 Å².